The van der Waals surface area contributed by atoms with Crippen LogP contribution in [0.5, 0.6) is 0 Å². The predicted molar refractivity (Wildman–Crippen MR) is 80.9 cm³/mol. The summed E-state index contributed by atoms with van der Waals surface area (Å²) in [5.41, 5.74) is 0.976. The van der Waals surface area contributed by atoms with Crippen LogP contribution in [-0.4, -0.2) is 27.9 Å². The highest BCUT2D eigenvalue weighted by Crippen LogP contribution is 2.23. The fourth-order valence-electron chi connectivity index (χ4n) is 2.21. The summed E-state index contributed by atoms with van der Waals surface area (Å²) in [7, 11) is 0. The molecule has 7 nitrogen and oxygen atoms in total. The predicted octanol–water partition coefficient (Wildman–Crippen LogP) is 2.44. The largest absolute Gasteiger partial charge is 0.480 e. The van der Waals surface area contributed by atoms with Crippen LogP contribution < -0.4 is 5.32 Å². The van der Waals surface area contributed by atoms with Crippen LogP contribution in [0.15, 0.2) is 12.1 Å². The number of amides is 1. The van der Waals surface area contributed by atoms with Crippen molar-refractivity contribution in [3.05, 3.63) is 38.9 Å². The molecule has 0 aliphatic heterocycles. The number of hydrogen-bond acceptors (Lipinski definition) is 4. The lowest BCUT2D eigenvalue weighted by Crippen LogP contribution is -2.41. The van der Waals surface area contributed by atoms with E-state index in [0.717, 1.165) is 0 Å². The zero-order valence-corrected chi connectivity index (χ0v) is 13.0. The van der Waals surface area contributed by atoms with Crippen LogP contribution in [0.4, 0.5) is 5.69 Å². The third-order valence-electron chi connectivity index (χ3n) is 3.29. The molecule has 0 saturated heterocycles. The molecule has 1 atom stereocenters. The highest BCUT2D eigenvalue weighted by atomic mass is 16.6. The number of carboxylic acid groups (broad SMARTS) is 1. The summed E-state index contributed by atoms with van der Waals surface area (Å²) < 4.78 is 0. The maximum atomic E-state index is 12.3. The second-order valence-electron chi connectivity index (χ2n) is 5.70. The normalized spacial score (nSPS) is 12.0. The molecule has 7 heteroatoms. The Morgan fingerprint density at radius 1 is 1.27 bits per heavy atom. The lowest BCUT2D eigenvalue weighted by molar-refractivity contribution is -0.385. The number of aryl methyl sites for hydroxylation is 2. The molecule has 0 aliphatic rings. The number of rotatable bonds is 6. The molecular formula is C15H20N2O5. The Labute approximate surface area is 128 Å². The number of nitrogens with zero attached hydrogens (tertiary/aromatic N) is 1. The molecule has 0 fully saturated rings. The van der Waals surface area contributed by atoms with Gasteiger partial charge < -0.3 is 10.4 Å². The maximum absolute atomic E-state index is 12.3. The first-order valence-electron chi connectivity index (χ1n) is 6.92. The fourth-order valence-corrected chi connectivity index (χ4v) is 2.21. The van der Waals surface area contributed by atoms with E-state index >= 15 is 0 Å². The first-order valence-corrected chi connectivity index (χ1v) is 6.92. The Balaban J connectivity index is 3.09. The van der Waals surface area contributed by atoms with Crippen LogP contribution in [0.3, 0.4) is 0 Å². The van der Waals surface area contributed by atoms with Crippen LogP contribution >= 0.6 is 0 Å². The zero-order valence-electron chi connectivity index (χ0n) is 13.0. The van der Waals surface area contributed by atoms with Crippen LogP contribution in [-0.2, 0) is 4.79 Å². The number of carboxylic acids is 1. The number of benzene rings is 1. The minimum atomic E-state index is -1.12. The minimum absolute atomic E-state index is 0.0925. The second kappa shape index (κ2) is 7.02. The standard InChI is InChI=1S/C15H20N2O5/c1-8(2)5-12(15(19)20)16-14(18)11-7-13(17(21)22)10(4)6-9(11)3/h6-8,12H,5H2,1-4H3,(H,16,18)(H,19,20). The van der Waals surface area contributed by atoms with Gasteiger partial charge in [0.1, 0.15) is 6.04 Å². The van der Waals surface area contributed by atoms with Crippen LogP contribution in [0.1, 0.15) is 41.8 Å². The van der Waals surface area contributed by atoms with Crippen molar-refractivity contribution in [1.82, 2.24) is 5.32 Å². The zero-order chi connectivity index (χ0) is 17.0. The van der Waals surface area contributed by atoms with Crippen molar-refractivity contribution in [2.24, 2.45) is 5.92 Å². The van der Waals surface area contributed by atoms with Gasteiger partial charge in [0.2, 0.25) is 0 Å². The monoisotopic (exact) mass is 308 g/mol. The van der Waals surface area contributed by atoms with Gasteiger partial charge >= 0.3 is 5.97 Å². The number of carbonyl (C=O) groups is 2. The van der Waals surface area contributed by atoms with E-state index in [4.69, 9.17) is 5.11 Å². The summed E-state index contributed by atoms with van der Waals surface area (Å²) in [6.07, 6.45) is 0.286. The Morgan fingerprint density at radius 2 is 1.86 bits per heavy atom. The van der Waals surface area contributed by atoms with Gasteiger partial charge in [-0.05, 0) is 37.8 Å². The molecule has 1 aromatic carbocycles. The summed E-state index contributed by atoms with van der Waals surface area (Å²) in [4.78, 5) is 33.8. The van der Waals surface area contributed by atoms with Gasteiger partial charge in [0.05, 0.1) is 4.92 Å². The number of nitrogens with one attached hydrogen (secondary N) is 1. The van der Waals surface area contributed by atoms with Gasteiger partial charge in [-0.3, -0.25) is 14.9 Å². The molecule has 0 aliphatic carbocycles. The van der Waals surface area contributed by atoms with E-state index < -0.39 is 22.8 Å². The molecule has 1 aromatic rings. The molecule has 0 spiro atoms. The molecule has 2 N–H and O–H groups in total. The number of nitro groups is 1. The van der Waals surface area contributed by atoms with Crippen LogP contribution in [0.25, 0.3) is 0 Å². The van der Waals surface area contributed by atoms with Crippen molar-refractivity contribution in [3.8, 4) is 0 Å². The van der Waals surface area contributed by atoms with E-state index in [1.807, 2.05) is 13.8 Å². The molecule has 0 aromatic heterocycles. The first kappa shape index (κ1) is 17.6. The van der Waals surface area contributed by atoms with E-state index in [1.54, 1.807) is 19.9 Å². The second-order valence-corrected chi connectivity index (χ2v) is 5.70. The molecule has 1 unspecified atom stereocenters. The smallest absolute Gasteiger partial charge is 0.326 e. The topological polar surface area (TPSA) is 110 Å². The average Bonchev–Trinajstić information content (AvgIpc) is 2.36. The molecule has 1 amide bonds. The Hall–Kier alpha value is -2.44. The Bertz CT molecular complexity index is 610. The molecule has 0 radical (unpaired) electrons. The molecule has 22 heavy (non-hydrogen) atoms. The van der Waals surface area contributed by atoms with Crippen molar-refractivity contribution in [1.29, 1.82) is 0 Å². The Morgan fingerprint density at radius 3 is 2.32 bits per heavy atom. The number of carbonyl (C=O) groups excluding carboxylic acids is 1. The minimum Gasteiger partial charge on any atom is -0.480 e. The van der Waals surface area contributed by atoms with Gasteiger partial charge in [-0.1, -0.05) is 13.8 Å². The van der Waals surface area contributed by atoms with Crippen LogP contribution in [0, 0.1) is 29.9 Å². The summed E-state index contributed by atoms with van der Waals surface area (Å²) in [5.74, 6) is -1.65. The summed E-state index contributed by atoms with van der Waals surface area (Å²) in [6, 6.07) is 1.71. The highest BCUT2D eigenvalue weighted by Gasteiger charge is 2.24. The fraction of sp³-hybridized carbons (Fsp3) is 0.467. The first-order chi connectivity index (χ1) is 10.1. The number of hydrogen-bond donors (Lipinski definition) is 2. The average molecular weight is 308 g/mol. The van der Waals surface area contributed by atoms with Crippen LogP contribution in [0.2, 0.25) is 0 Å². The van der Waals surface area contributed by atoms with Gasteiger partial charge in [-0.2, -0.15) is 0 Å². The SMILES string of the molecule is Cc1cc(C)c([N+](=O)[O-])cc1C(=O)NC(CC(C)C)C(=O)O. The van der Waals surface area contributed by atoms with E-state index in [0.29, 0.717) is 11.1 Å². The van der Waals surface area contributed by atoms with Gasteiger partial charge in [-0.15, -0.1) is 0 Å². The van der Waals surface area contributed by atoms with E-state index in [1.165, 1.54) is 6.07 Å². The van der Waals surface area contributed by atoms with E-state index in [-0.39, 0.29) is 23.6 Å². The van der Waals surface area contributed by atoms with Gasteiger partial charge in [-0.25, -0.2) is 4.79 Å². The number of nitro benzene ring substituents is 1. The third kappa shape index (κ3) is 4.28. The summed E-state index contributed by atoms with van der Waals surface area (Å²) >= 11 is 0. The molecule has 0 bridgehead atoms. The van der Waals surface area contributed by atoms with Crippen molar-refractivity contribution in [2.75, 3.05) is 0 Å². The van der Waals surface area contributed by atoms with Crippen molar-refractivity contribution in [2.45, 2.75) is 40.2 Å². The molecular weight excluding hydrogens is 288 g/mol. The van der Waals surface area contributed by atoms with Gasteiger partial charge in [0, 0.05) is 17.2 Å². The highest BCUT2D eigenvalue weighted by molar-refractivity contribution is 5.98. The lowest BCUT2D eigenvalue weighted by Gasteiger charge is -2.17. The van der Waals surface area contributed by atoms with E-state index in [9.17, 15) is 19.7 Å². The molecule has 120 valence electrons. The van der Waals surface area contributed by atoms with Crippen molar-refractivity contribution < 1.29 is 19.6 Å². The van der Waals surface area contributed by atoms with Gasteiger partial charge in [0.15, 0.2) is 0 Å². The number of aliphatic carboxylic acids is 1. The van der Waals surface area contributed by atoms with E-state index in [2.05, 4.69) is 5.32 Å². The quantitative estimate of drug-likeness (QED) is 0.619. The summed E-state index contributed by atoms with van der Waals surface area (Å²) in [6.45, 7) is 6.95. The Kier molecular flexibility index (Phi) is 5.62. The molecule has 1 rings (SSSR count). The van der Waals surface area contributed by atoms with Crippen molar-refractivity contribution in [3.63, 3.8) is 0 Å². The molecule has 0 saturated carbocycles. The molecule has 0 heterocycles. The van der Waals surface area contributed by atoms with Crippen molar-refractivity contribution >= 4 is 17.6 Å². The maximum Gasteiger partial charge on any atom is 0.326 e. The third-order valence-corrected chi connectivity index (χ3v) is 3.29. The summed E-state index contributed by atoms with van der Waals surface area (Å²) in [5, 5.41) is 22.5. The van der Waals surface area contributed by atoms with Gasteiger partial charge in [0.25, 0.3) is 11.6 Å². The lowest BCUT2D eigenvalue weighted by atomic mass is 10.0.